The second kappa shape index (κ2) is 14.3. The number of aromatic nitrogens is 2. The van der Waals surface area contributed by atoms with Crippen molar-refractivity contribution in [3.8, 4) is 0 Å². The van der Waals surface area contributed by atoms with Crippen molar-refractivity contribution >= 4 is 40.4 Å². The number of rotatable bonds is 8. The lowest BCUT2D eigenvalue weighted by Crippen LogP contribution is -2.29. The van der Waals surface area contributed by atoms with E-state index in [9.17, 15) is 14.7 Å². The molecule has 2 aromatic carbocycles. The number of piperidine rings is 1. The monoisotopic (exact) mass is 584 g/mol. The molecule has 1 aliphatic heterocycles. The third-order valence-electron chi connectivity index (χ3n) is 7.94. The van der Waals surface area contributed by atoms with Crippen molar-refractivity contribution in [2.45, 2.75) is 44.6 Å². The Morgan fingerprint density at radius 2 is 1.74 bits per heavy atom. The van der Waals surface area contributed by atoms with Crippen molar-refractivity contribution in [1.29, 1.82) is 0 Å². The fourth-order valence-corrected chi connectivity index (χ4v) is 5.30. The van der Waals surface area contributed by atoms with Crippen molar-refractivity contribution in [3.63, 3.8) is 0 Å². The van der Waals surface area contributed by atoms with E-state index in [1.807, 2.05) is 63.4 Å². The molecular formula is C34H44N6O3. The number of carbonyl (C=O) groups excluding carboxylic acids is 2. The first-order valence-electron chi connectivity index (χ1n) is 14.8. The number of hydrogen-bond acceptors (Lipinski definition) is 7. The largest absolute Gasteiger partial charge is 0.390 e. The summed E-state index contributed by atoms with van der Waals surface area (Å²) in [6.07, 6.45) is 7.49. The quantitative estimate of drug-likeness (QED) is 0.223. The van der Waals surface area contributed by atoms with Crippen molar-refractivity contribution in [2.75, 3.05) is 51.0 Å². The Balaban J connectivity index is 0.000000237. The maximum absolute atomic E-state index is 12.0. The number of amides is 1. The topological polar surface area (TPSA) is 103 Å². The van der Waals surface area contributed by atoms with E-state index in [0.717, 1.165) is 39.9 Å². The van der Waals surface area contributed by atoms with E-state index >= 15 is 0 Å². The second-order valence-corrected chi connectivity index (χ2v) is 11.7. The molecule has 3 heterocycles. The van der Waals surface area contributed by atoms with Gasteiger partial charge in [0.25, 0.3) is 0 Å². The molecule has 1 aliphatic rings. The predicted molar refractivity (Wildman–Crippen MR) is 175 cm³/mol. The third kappa shape index (κ3) is 8.43. The van der Waals surface area contributed by atoms with Crippen molar-refractivity contribution < 1.29 is 14.7 Å². The van der Waals surface area contributed by atoms with Gasteiger partial charge < -0.3 is 25.5 Å². The van der Waals surface area contributed by atoms with Crippen LogP contribution in [0.25, 0.3) is 10.9 Å². The lowest BCUT2D eigenvalue weighted by atomic mass is 9.89. The zero-order chi connectivity index (χ0) is 31.0. The zero-order valence-corrected chi connectivity index (χ0v) is 25.9. The molecule has 1 fully saturated rings. The van der Waals surface area contributed by atoms with Crippen LogP contribution in [0.15, 0.2) is 73.1 Å². The van der Waals surface area contributed by atoms with Gasteiger partial charge in [-0.15, -0.1) is 0 Å². The maximum atomic E-state index is 12.0. The van der Waals surface area contributed by atoms with Gasteiger partial charge in [-0.3, -0.25) is 9.36 Å². The van der Waals surface area contributed by atoms with Crippen LogP contribution in [0.1, 0.15) is 54.9 Å². The summed E-state index contributed by atoms with van der Waals surface area (Å²) in [7, 11) is 5.62. The number of benzene rings is 2. The van der Waals surface area contributed by atoms with E-state index in [1.165, 1.54) is 31.5 Å². The Morgan fingerprint density at radius 3 is 2.37 bits per heavy atom. The van der Waals surface area contributed by atoms with Gasteiger partial charge >= 0.3 is 6.03 Å². The Bertz CT molecular complexity index is 1500. The number of likely N-dealkylation sites (tertiary alicyclic amines) is 1. The van der Waals surface area contributed by atoms with Gasteiger partial charge in [0.2, 0.25) is 0 Å². The van der Waals surface area contributed by atoms with Gasteiger partial charge in [0.05, 0.1) is 11.1 Å². The molecule has 4 aromatic rings. The van der Waals surface area contributed by atoms with Crippen LogP contribution >= 0.6 is 0 Å². The highest BCUT2D eigenvalue weighted by molar-refractivity contribution is 5.93. The highest BCUT2D eigenvalue weighted by Gasteiger charge is 2.19. The van der Waals surface area contributed by atoms with Crippen molar-refractivity contribution in [1.82, 2.24) is 19.8 Å². The van der Waals surface area contributed by atoms with Crippen molar-refractivity contribution in [2.24, 2.45) is 0 Å². The molecule has 0 saturated carbocycles. The Labute approximate surface area is 254 Å². The summed E-state index contributed by atoms with van der Waals surface area (Å²) in [5.41, 5.74) is 4.19. The summed E-state index contributed by atoms with van der Waals surface area (Å²) in [6.45, 7) is 6.62. The van der Waals surface area contributed by atoms with Gasteiger partial charge in [-0.05, 0) is 95.1 Å². The van der Waals surface area contributed by atoms with Crippen LogP contribution in [0.4, 0.5) is 22.0 Å². The number of hydrogen-bond donors (Lipinski definition) is 3. The van der Waals surface area contributed by atoms with Crippen molar-refractivity contribution in [3.05, 3.63) is 84.2 Å². The molecule has 0 spiro atoms. The summed E-state index contributed by atoms with van der Waals surface area (Å²) in [5, 5.41) is 16.9. The number of nitrogens with zero attached hydrogens (tertiary/aromatic N) is 4. The average molecular weight is 585 g/mol. The van der Waals surface area contributed by atoms with E-state index in [4.69, 9.17) is 0 Å². The van der Waals surface area contributed by atoms with E-state index in [2.05, 4.69) is 50.7 Å². The third-order valence-corrected chi connectivity index (χ3v) is 7.94. The summed E-state index contributed by atoms with van der Waals surface area (Å²) >= 11 is 0. The van der Waals surface area contributed by atoms with Gasteiger partial charge in [0, 0.05) is 61.4 Å². The normalized spacial score (nSPS) is 14.1. The summed E-state index contributed by atoms with van der Waals surface area (Å²) in [5.74, 6) is 1.46. The maximum Gasteiger partial charge on any atom is 0.325 e. The molecule has 1 amide bonds. The molecule has 3 N–H and O–H groups in total. The van der Waals surface area contributed by atoms with Gasteiger partial charge in [-0.1, -0.05) is 24.3 Å². The minimum atomic E-state index is -0.774. The molecule has 5 rings (SSSR count). The first-order valence-corrected chi connectivity index (χ1v) is 14.8. The molecular weight excluding hydrogens is 540 g/mol. The molecule has 9 nitrogen and oxygen atoms in total. The van der Waals surface area contributed by atoms with Crippen LogP contribution in [0.5, 0.6) is 0 Å². The number of carbonyl (C=O) groups is 2. The molecule has 0 unspecified atom stereocenters. The van der Waals surface area contributed by atoms with Crippen LogP contribution in [0.2, 0.25) is 0 Å². The molecule has 0 aliphatic carbocycles. The van der Waals surface area contributed by atoms with E-state index < -0.39 is 5.60 Å². The summed E-state index contributed by atoms with van der Waals surface area (Å²) in [4.78, 5) is 31.4. The molecule has 1 saturated heterocycles. The van der Waals surface area contributed by atoms with Gasteiger partial charge in [0.1, 0.15) is 12.1 Å². The molecule has 0 atom stereocenters. The van der Waals surface area contributed by atoms with Crippen LogP contribution in [-0.4, -0.2) is 78.3 Å². The zero-order valence-electron chi connectivity index (χ0n) is 25.9. The Hall–Kier alpha value is -4.21. The standard InChI is InChI=1S/C21H27N5O2.C13H17NO/c1-21(2,28)9-12-25(17-7-10-24-19(14-17)22-3)16-5-6-18-15(13-16)8-11-26(18)20(27)23-4;1-14-8-6-13(7-9-14)12-4-2-11(10-15)3-5-12/h5-8,10-11,13-14,28H,9,12H2,1-4H3,(H,22,24)(H,23,27);2-5,10,13H,6-9H2,1H3. The molecule has 2 aromatic heterocycles. The highest BCUT2D eigenvalue weighted by atomic mass is 16.3. The van der Waals surface area contributed by atoms with Gasteiger partial charge in [-0.2, -0.15) is 0 Å². The molecule has 0 radical (unpaired) electrons. The van der Waals surface area contributed by atoms with Crippen LogP contribution < -0.4 is 15.5 Å². The summed E-state index contributed by atoms with van der Waals surface area (Å²) in [6, 6.07) is 19.7. The Morgan fingerprint density at radius 1 is 1.05 bits per heavy atom. The lowest BCUT2D eigenvalue weighted by Gasteiger charge is -2.29. The highest BCUT2D eigenvalue weighted by Crippen LogP contribution is 2.31. The fraction of sp³-hybridized carbons (Fsp3) is 0.382. The van der Waals surface area contributed by atoms with E-state index in [1.54, 1.807) is 24.0 Å². The lowest BCUT2D eigenvalue weighted by molar-refractivity contribution is 0.0737. The second-order valence-electron chi connectivity index (χ2n) is 11.7. The van der Waals surface area contributed by atoms with Crippen LogP contribution in [0, 0.1) is 0 Å². The number of aliphatic hydroxyl groups is 1. The molecule has 9 heteroatoms. The first kappa shape index (κ1) is 31.7. The summed E-state index contributed by atoms with van der Waals surface area (Å²) < 4.78 is 1.59. The first-order chi connectivity index (χ1) is 20.6. The SMILES string of the molecule is CN1CCC(c2ccc(C=O)cc2)CC1.CNC(=O)n1ccc2cc(N(CCC(C)(C)O)c3ccnc(NC)c3)ccc21. The number of pyridine rings is 1. The van der Waals surface area contributed by atoms with Crippen LogP contribution in [0.3, 0.4) is 0 Å². The van der Waals surface area contributed by atoms with Crippen LogP contribution in [-0.2, 0) is 0 Å². The molecule has 228 valence electrons. The molecule has 0 bridgehead atoms. The van der Waals surface area contributed by atoms with E-state index in [-0.39, 0.29) is 6.03 Å². The number of nitrogens with one attached hydrogen (secondary N) is 2. The molecule has 43 heavy (non-hydrogen) atoms. The van der Waals surface area contributed by atoms with Gasteiger partial charge in [-0.25, -0.2) is 9.78 Å². The van der Waals surface area contributed by atoms with E-state index in [0.29, 0.717) is 18.9 Å². The number of anilines is 3. The minimum Gasteiger partial charge on any atom is -0.390 e. The predicted octanol–water partition coefficient (Wildman–Crippen LogP) is 5.87. The minimum absolute atomic E-state index is 0.172. The fourth-order valence-electron chi connectivity index (χ4n) is 5.30. The van der Waals surface area contributed by atoms with Gasteiger partial charge in [0.15, 0.2) is 0 Å². The smallest absolute Gasteiger partial charge is 0.325 e. The Kier molecular flexibility index (Phi) is 10.6. The average Bonchev–Trinajstić information content (AvgIpc) is 3.44. The number of aldehydes is 1. The number of fused-ring (bicyclic) bond motifs is 1.